The number of aliphatic carboxylic acids is 1. The highest BCUT2D eigenvalue weighted by Gasteiger charge is 2.40. The Balaban J connectivity index is 1.26. The third-order valence-corrected chi connectivity index (χ3v) is 6.95. The average Bonchev–Trinajstić information content (AvgIpc) is 2.86. The molecule has 34 heavy (non-hydrogen) atoms. The van der Waals surface area contributed by atoms with E-state index in [9.17, 15) is 4.79 Å². The molecule has 0 saturated carbocycles. The number of aryl methyl sites for hydroxylation is 1. The molecule has 1 aromatic heterocycles. The molecule has 4 rings (SSSR count). The average molecular weight is 468 g/mol. The molecular weight excluding hydrogens is 430 g/mol. The Labute approximate surface area is 202 Å². The largest absolute Gasteiger partial charge is 0.481 e. The number of aromatic nitrogens is 1. The fourth-order valence-corrected chi connectivity index (χ4v) is 4.91. The molecule has 184 valence electrons. The lowest BCUT2D eigenvalue weighted by Crippen LogP contribution is -2.57. The maximum absolute atomic E-state index is 10.6. The lowest BCUT2D eigenvalue weighted by Gasteiger charge is -2.47. The minimum atomic E-state index is -0.820. The molecule has 1 aromatic carbocycles. The van der Waals surface area contributed by atoms with Crippen molar-refractivity contribution in [2.45, 2.75) is 51.2 Å². The van der Waals surface area contributed by atoms with Crippen LogP contribution in [0.3, 0.4) is 0 Å². The predicted molar refractivity (Wildman–Crippen MR) is 132 cm³/mol. The molecule has 2 aliphatic rings. The van der Waals surface area contributed by atoms with Crippen molar-refractivity contribution >= 4 is 11.8 Å². The smallest absolute Gasteiger partial charge is 0.305 e. The number of piperidine rings is 1. The van der Waals surface area contributed by atoms with Crippen LogP contribution >= 0.6 is 0 Å². The van der Waals surface area contributed by atoms with E-state index in [1.54, 1.807) is 0 Å². The second-order valence-electron chi connectivity index (χ2n) is 9.43. The van der Waals surface area contributed by atoms with Gasteiger partial charge in [0, 0.05) is 38.9 Å². The predicted octanol–water partition coefficient (Wildman–Crippen LogP) is 3.55. The van der Waals surface area contributed by atoms with Gasteiger partial charge >= 0.3 is 5.97 Å². The lowest BCUT2D eigenvalue weighted by molar-refractivity contribution is -0.138. The highest BCUT2D eigenvalue weighted by molar-refractivity contribution is 5.66. The van der Waals surface area contributed by atoms with Crippen LogP contribution in [0.5, 0.6) is 0 Å². The van der Waals surface area contributed by atoms with E-state index in [2.05, 4.69) is 58.1 Å². The number of likely N-dealkylation sites (tertiary alicyclic amines) is 1. The molecule has 1 spiro atoms. The van der Waals surface area contributed by atoms with E-state index >= 15 is 0 Å². The third-order valence-electron chi connectivity index (χ3n) is 6.95. The molecular formula is C27H37N3O4. The van der Waals surface area contributed by atoms with Gasteiger partial charge in [0.2, 0.25) is 0 Å². The topological polar surface area (TPSA) is 75.1 Å². The fraction of sp³-hybridized carbons (Fsp3) is 0.556. The van der Waals surface area contributed by atoms with Crippen molar-refractivity contribution in [3.8, 4) is 0 Å². The molecule has 0 amide bonds. The number of pyridine rings is 1. The molecule has 0 radical (unpaired) electrons. The third kappa shape index (κ3) is 6.78. The summed E-state index contributed by atoms with van der Waals surface area (Å²) in [5.41, 5.74) is 3.79. The fourth-order valence-electron chi connectivity index (χ4n) is 4.91. The van der Waals surface area contributed by atoms with Crippen LogP contribution in [-0.2, 0) is 33.7 Å². The van der Waals surface area contributed by atoms with Gasteiger partial charge in [-0.3, -0.25) is 9.69 Å². The van der Waals surface area contributed by atoms with Gasteiger partial charge in [-0.2, -0.15) is 0 Å². The summed E-state index contributed by atoms with van der Waals surface area (Å²) in [5, 5.41) is 8.69. The van der Waals surface area contributed by atoms with Crippen molar-refractivity contribution in [1.82, 2.24) is 9.88 Å². The Kier molecular flexibility index (Phi) is 8.53. The van der Waals surface area contributed by atoms with Gasteiger partial charge in [-0.1, -0.05) is 31.2 Å². The summed E-state index contributed by atoms with van der Waals surface area (Å²) in [4.78, 5) is 20.1. The quantitative estimate of drug-likeness (QED) is 0.536. The van der Waals surface area contributed by atoms with Gasteiger partial charge in [0.05, 0.1) is 31.8 Å². The van der Waals surface area contributed by atoms with Crippen molar-refractivity contribution in [1.29, 1.82) is 0 Å². The molecule has 7 heteroatoms. The zero-order chi connectivity index (χ0) is 23.8. The first-order chi connectivity index (χ1) is 16.5. The van der Waals surface area contributed by atoms with Crippen LogP contribution in [0.1, 0.15) is 42.9 Å². The van der Waals surface area contributed by atoms with Crippen molar-refractivity contribution in [3.63, 3.8) is 0 Å². The summed E-state index contributed by atoms with van der Waals surface area (Å²) in [6.45, 7) is 8.56. The molecule has 0 aliphatic carbocycles. The Morgan fingerprint density at radius 1 is 1.12 bits per heavy atom. The van der Waals surface area contributed by atoms with Gasteiger partial charge in [-0.05, 0) is 54.5 Å². The van der Waals surface area contributed by atoms with Crippen molar-refractivity contribution in [2.24, 2.45) is 0 Å². The Hall–Kier alpha value is -2.48. The van der Waals surface area contributed by atoms with Crippen LogP contribution in [0.2, 0.25) is 0 Å². The Bertz CT molecular complexity index is 943. The lowest BCUT2D eigenvalue weighted by atomic mass is 9.89. The second-order valence-corrected chi connectivity index (χ2v) is 9.43. The van der Waals surface area contributed by atoms with Gasteiger partial charge in [0.15, 0.2) is 0 Å². The highest BCUT2D eigenvalue weighted by Crippen LogP contribution is 2.32. The Morgan fingerprint density at radius 3 is 2.74 bits per heavy atom. The summed E-state index contributed by atoms with van der Waals surface area (Å²) in [6, 6.07) is 13.0. The van der Waals surface area contributed by atoms with Gasteiger partial charge in [0.25, 0.3) is 0 Å². The van der Waals surface area contributed by atoms with E-state index in [0.717, 1.165) is 70.8 Å². The van der Waals surface area contributed by atoms with Crippen molar-refractivity contribution < 1.29 is 19.4 Å². The van der Waals surface area contributed by atoms with Gasteiger partial charge in [0.1, 0.15) is 5.82 Å². The molecule has 0 bridgehead atoms. The molecule has 2 aliphatic heterocycles. The summed E-state index contributed by atoms with van der Waals surface area (Å²) >= 11 is 0. The second kappa shape index (κ2) is 11.8. The van der Waals surface area contributed by atoms with Crippen LogP contribution in [0.4, 0.5) is 5.82 Å². The molecule has 2 fully saturated rings. The number of nitrogens with zero attached hydrogens (tertiary/aromatic N) is 3. The van der Waals surface area contributed by atoms with Crippen LogP contribution in [-0.4, -0.2) is 72.6 Å². The number of benzene rings is 1. The first-order valence-electron chi connectivity index (χ1n) is 12.5. The number of ether oxygens (including phenoxy) is 2. The van der Waals surface area contributed by atoms with Gasteiger partial charge in [-0.25, -0.2) is 4.98 Å². The minimum absolute atomic E-state index is 0.0552. The first-order valence-corrected chi connectivity index (χ1v) is 12.5. The van der Waals surface area contributed by atoms with E-state index in [1.165, 1.54) is 16.7 Å². The van der Waals surface area contributed by atoms with E-state index < -0.39 is 5.97 Å². The highest BCUT2D eigenvalue weighted by atomic mass is 16.5. The summed E-state index contributed by atoms with van der Waals surface area (Å²) in [7, 11) is 0. The van der Waals surface area contributed by atoms with E-state index in [1.807, 2.05) is 6.20 Å². The summed E-state index contributed by atoms with van der Waals surface area (Å²) in [5.74, 6) is 0.257. The first kappa shape index (κ1) is 24.6. The van der Waals surface area contributed by atoms with E-state index in [-0.39, 0.29) is 18.6 Å². The van der Waals surface area contributed by atoms with E-state index in [0.29, 0.717) is 6.61 Å². The molecule has 0 unspecified atom stereocenters. The molecule has 0 atom stereocenters. The minimum Gasteiger partial charge on any atom is -0.481 e. The van der Waals surface area contributed by atoms with Crippen LogP contribution in [0.25, 0.3) is 0 Å². The number of carbonyl (C=O) groups is 1. The molecule has 7 nitrogen and oxygen atoms in total. The standard InChI is InChI=1S/C27H37N3O4/c1-2-22-6-11-28-25(19-22)30-14-17-34-27(21-30)9-12-29(13-10-27)20-24-5-3-4-23(18-24)7-15-33-16-8-26(31)32/h3-6,11,18-19H,2,7-10,12-17,20-21H2,1H3,(H,31,32). The molecule has 2 saturated heterocycles. The van der Waals surface area contributed by atoms with E-state index in [4.69, 9.17) is 14.6 Å². The maximum Gasteiger partial charge on any atom is 0.305 e. The summed E-state index contributed by atoms with van der Waals surface area (Å²) in [6.07, 6.45) is 5.88. The SMILES string of the molecule is CCc1ccnc(N2CCOC3(CCN(Cc4cccc(CCOCCC(=O)O)c4)CC3)C2)c1. The Morgan fingerprint density at radius 2 is 1.94 bits per heavy atom. The zero-order valence-electron chi connectivity index (χ0n) is 20.2. The van der Waals surface area contributed by atoms with Crippen molar-refractivity contribution in [2.75, 3.05) is 50.9 Å². The number of carboxylic acids is 1. The number of hydrogen-bond acceptors (Lipinski definition) is 6. The van der Waals surface area contributed by atoms with Crippen LogP contribution in [0.15, 0.2) is 42.6 Å². The number of rotatable bonds is 10. The monoisotopic (exact) mass is 467 g/mol. The molecule has 1 N–H and O–H groups in total. The summed E-state index contributed by atoms with van der Waals surface area (Å²) < 4.78 is 11.8. The number of hydrogen-bond donors (Lipinski definition) is 1. The zero-order valence-corrected chi connectivity index (χ0v) is 20.2. The number of morpholine rings is 1. The van der Waals surface area contributed by atoms with Gasteiger partial charge in [-0.15, -0.1) is 0 Å². The van der Waals surface area contributed by atoms with Crippen LogP contribution < -0.4 is 4.90 Å². The number of carboxylic acid groups (broad SMARTS) is 1. The van der Waals surface area contributed by atoms with Crippen molar-refractivity contribution in [3.05, 3.63) is 59.3 Å². The maximum atomic E-state index is 10.6. The number of anilines is 1. The normalized spacial score (nSPS) is 18.3. The molecule has 3 heterocycles. The van der Waals surface area contributed by atoms with Crippen LogP contribution in [0, 0.1) is 0 Å². The molecule has 2 aromatic rings. The van der Waals surface area contributed by atoms with Gasteiger partial charge < -0.3 is 19.5 Å².